The second-order valence-corrected chi connectivity index (χ2v) is 5.39. The Balaban J connectivity index is 3.48. The Labute approximate surface area is 100 Å². The van der Waals surface area contributed by atoms with Crippen LogP contribution in [0.15, 0.2) is 0 Å². The summed E-state index contributed by atoms with van der Waals surface area (Å²) in [5, 5.41) is 0. The van der Waals surface area contributed by atoms with Crippen molar-refractivity contribution in [2.24, 2.45) is 11.8 Å². The lowest BCUT2D eigenvalue weighted by Gasteiger charge is -2.15. The highest BCUT2D eigenvalue weighted by Crippen LogP contribution is 2.10. The van der Waals surface area contributed by atoms with E-state index in [1.54, 1.807) is 0 Å². The molecule has 0 aliphatic carbocycles. The fourth-order valence-corrected chi connectivity index (χ4v) is 1.42. The van der Waals surface area contributed by atoms with Gasteiger partial charge in [-0.25, -0.2) is 0 Å². The number of hydrogen-bond acceptors (Lipinski definition) is 4. The summed E-state index contributed by atoms with van der Waals surface area (Å²) in [5.74, 6) is 0.744. The Kier molecular flexibility index (Phi) is 8.47. The van der Waals surface area contributed by atoms with Gasteiger partial charge in [0.2, 0.25) is 0 Å². The van der Waals surface area contributed by atoms with Crippen LogP contribution >= 0.6 is 0 Å². The maximum atomic E-state index is 11.2. The summed E-state index contributed by atoms with van der Waals surface area (Å²) in [5.41, 5.74) is 0. The highest BCUT2D eigenvalue weighted by atomic mass is 32.2. The summed E-state index contributed by atoms with van der Waals surface area (Å²) in [7, 11) is 0. The molecule has 0 bridgehead atoms. The van der Waals surface area contributed by atoms with Crippen molar-refractivity contribution in [1.82, 2.24) is 0 Å². The Morgan fingerprint density at radius 1 is 1.31 bits per heavy atom. The largest absolute Gasteiger partial charge is 0.772 e. The lowest BCUT2D eigenvalue weighted by Crippen LogP contribution is -2.15. The van der Waals surface area contributed by atoms with E-state index in [4.69, 9.17) is 4.74 Å². The molecule has 16 heavy (non-hydrogen) atoms. The molecule has 0 N–H and O–H groups in total. The molecule has 0 rings (SSSR count). The average molecular weight is 249 g/mol. The Hall–Kier alpha value is -0.420. The van der Waals surface area contributed by atoms with Crippen LogP contribution in [0.4, 0.5) is 0 Å². The van der Waals surface area contributed by atoms with Crippen LogP contribution in [-0.4, -0.2) is 27.1 Å². The molecule has 0 aliphatic heterocycles. The topological polar surface area (TPSA) is 66.4 Å². The zero-order chi connectivity index (χ0) is 12.6. The Bertz CT molecular complexity index is 228. The van der Waals surface area contributed by atoms with Gasteiger partial charge in [0, 0.05) is 12.2 Å². The predicted octanol–water partition coefficient (Wildman–Crippen LogP) is 1.87. The van der Waals surface area contributed by atoms with E-state index in [9.17, 15) is 13.6 Å². The minimum absolute atomic E-state index is 0.121. The van der Waals surface area contributed by atoms with Crippen molar-refractivity contribution >= 4 is 17.0 Å². The highest BCUT2D eigenvalue weighted by Gasteiger charge is 2.10. The summed E-state index contributed by atoms with van der Waals surface area (Å²) >= 11 is -2.00. The van der Waals surface area contributed by atoms with E-state index in [0.717, 1.165) is 0 Å². The summed E-state index contributed by atoms with van der Waals surface area (Å²) in [4.78, 5) is 11.2. The molecule has 0 fully saturated rings. The Morgan fingerprint density at radius 2 is 1.94 bits per heavy atom. The summed E-state index contributed by atoms with van der Waals surface area (Å²) < 4.78 is 25.5. The van der Waals surface area contributed by atoms with Crippen molar-refractivity contribution in [3.8, 4) is 0 Å². The van der Waals surface area contributed by atoms with E-state index in [-0.39, 0.29) is 11.7 Å². The molecule has 96 valence electrons. The van der Waals surface area contributed by atoms with Gasteiger partial charge in [-0.1, -0.05) is 31.9 Å². The SMILES string of the molecule is CC(C)C(C)COC(=O)CCCCS(=O)[O-]. The zero-order valence-corrected chi connectivity index (χ0v) is 11.0. The van der Waals surface area contributed by atoms with E-state index in [2.05, 4.69) is 13.8 Å². The fourth-order valence-electron chi connectivity index (χ4n) is 0.978. The predicted molar refractivity (Wildman–Crippen MR) is 62.6 cm³/mol. The van der Waals surface area contributed by atoms with Gasteiger partial charge in [-0.05, 0) is 24.7 Å². The quantitative estimate of drug-likeness (QED) is 0.374. The first-order valence-electron chi connectivity index (χ1n) is 5.65. The molecule has 4 nitrogen and oxygen atoms in total. The van der Waals surface area contributed by atoms with Crippen LogP contribution in [-0.2, 0) is 20.6 Å². The third-order valence-electron chi connectivity index (χ3n) is 2.59. The van der Waals surface area contributed by atoms with E-state index in [0.29, 0.717) is 37.7 Å². The van der Waals surface area contributed by atoms with E-state index >= 15 is 0 Å². The lowest BCUT2D eigenvalue weighted by atomic mass is 9.99. The van der Waals surface area contributed by atoms with Crippen LogP contribution in [0.25, 0.3) is 0 Å². The molecule has 0 heterocycles. The number of unbranched alkanes of at least 4 members (excludes halogenated alkanes) is 1. The van der Waals surface area contributed by atoms with Crippen molar-refractivity contribution in [3.05, 3.63) is 0 Å². The zero-order valence-electron chi connectivity index (χ0n) is 10.2. The number of carbonyl (C=O) groups excluding carboxylic acids is 1. The first-order chi connectivity index (χ1) is 7.43. The summed E-state index contributed by atoms with van der Waals surface area (Å²) in [6.07, 6.45) is 1.40. The molecular formula is C11H21O4S-. The van der Waals surface area contributed by atoms with Crippen LogP contribution in [0.2, 0.25) is 0 Å². The van der Waals surface area contributed by atoms with Crippen molar-refractivity contribution in [2.45, 2.75) is 40.0 Å². The van der Waals surface area contributed by atoms with Crippen LogP contribution < -0.4 is 0 Å². The molecule has 0 saturated heterocycles. The molecule has 0 aliphatic rings. The van der Waals surface area contributed by atoms with Gasteiger partial charge in [-0.15, -0.1) is 0 Å². The normalized spacial score (nSPS) is 14.8. The molecule has 0 aromatic rings. The van der Waals surface area contributed by atoms with Crippen LogP contribution in [0.3, 0.4) is 0 Å². The molecule has 2 atom stereocenters. The molecule has 0 spiro atoms. The highest BCUT2D eigenvalue weighted by molar-refractivity contribution is 7.79. The van der Waals surface area contributed by atoms with Crippen LogP contribution in [0.5, 0.6) is 0 Å². The van der Waals surface area contributed by atoms with Gasteiger partial charge >= 0.3 is 5.97 Å². The van der Waals surface area contributed by atoms with Crippen LogP contribution in [0, 0.1) is 11.8 Å². The number of rotatable bonds is 8. The molecule has 2 unspecified atom stereocenters. The molecule has 5 heteroatoms. The summed E-state index contributed by atoms with van der Waals surface area (Å²) in [6, 6.07) is 0. The third-order valence-corrected chi connectivity index (χ3v) is 3.21. The van der Waals surface area contributed by atoms with Crippen molar-refractivity contribution in [2.75, 3.05) is 12.4 Å². The molecule has 0 amide bonds. The van der Waals surface area contributed by atoms with Crippen molar-refractivity contribution in [3.63, 3.8) is 0 Å². The van der Waals surface area contributed by atoms with Gasteiger partial charge in [0.05, 0.1) is 6.61 Å². The van der Waals surface area contributed by atoms with E-state index in [1.165, 1.54) is 0 Å². The van der Waals surface area contributed by atoms with Crippen molar-refractivity contribution < 1.29 is 18.3 Å². The van der Waals surface area contributed by atoms with Gasteiger partial charge < -0.3 is 9.29 Å². The molecule has 0 aromatic heterocycles. The van der Waals surface area contributed by atoms with Gasteiger partial charge in [-0.3, -0.25) is 9.00 Å². The van der Waals surface area contributed by atoms with E-state index in [1.807, 2.05) is 6.92 Å². The third kappa shape index (κ3) is 8.85. The van der Waals surface area contributed by atoms with Gasteiger partial charge in [-0.2, -0.15) is 0 Å². The number of esters is 1. The van der Waals surface area contributed by atoms with Crippen LogP contribution in [0.1, 0.15) is 40.0 Å². The summed E-state index contributed by atoms with van der Waals surface area (Å²) in [6.45, 7) is 6.66. The molecule has 0 saturated carbocycles. The lowest BCUT2D eigenvalue weighted by molar-refractivity contribution is -0.145. The fraction of sp³-hybridized carbons (Fsp3) is 0.909. The van der Waals surface area contributed by atoms with Crippen molar-refractivity contribution in [1.29, 1.82) is 0 Å². The monoisotopic (exact) mass is 249 g/mol. The maximum Gasteiger partial charge on any atom is 0.305 e. The second-order valence-electron chi connectivity index (χ2n) is 4.37. The maximum absolute atomic E-state index is 11.2. The first-order valence-corrected chi connectivity index (χ1v) is 6.89. The molecule has 0 aromatic carbocycles. The number of carbonyl (C=O) groups is 1. The standard InChI is InChI=1S/C11H22O4S/c1-9(2)10(3)8-15-11(12)6-4-5-7-16(13)14/h9-10H,4-8H2,1-3H3,(H,13,14)/p-1. The number of hydrogen-bond donors (Lipinski definition) is 0. The van der Waals surface area contributed by atoms with Gasteiger partial charge in [0.1, 0.15) is 0 Å². The minimum Gasteiger partial charge on any atom is -0.772 e. The smallest absolute Gasteiger partial charge is 0.305 e. The van der Waals surface area contributed by atoms with E-state index < -0.39 is 11.1 Å². The van der Waals surface area contributed by atoms with Gasteiger partial charge in [0.25, 0.3) is 0 Å². The average Bonchev–Trinajstić information content (AvgIpc) is 2.20. The minimum atomic E-state index is -2.00. The Morgan fingerprint density at radius 3 is 2.44 bits per heavy atom. The molecular weight excluding hydrogens is 228 g/mol. The second kappa shape index (κ2) is 8.70. The van der Waals surface area contributed by atoms with Gasteiger partial charge in [0.15, 0.2) is 0 Å². The molecule has 0 radical (unpaired) electrons. The first kappa shape index (κ1) is 15.6. The number of ether oxygens (including phenoxy) is 1.